The molecule has 4 nitrogen and oxygen atoms in total. The van der Waals surface area contributed by atoms with Crippen molar-refractivity contribution in [3.8, 4) is 5.69 Å². The van der Waals surface area contributed by atoms with E-state index in [2.05, 4.69) is 26.3 Å². The van der Waals surface area contributed by atoms with E-state index in [9.17, 15) is 4.79 Å². The Bertz CT molecular complexity index is 918. The Hall–Kier alpha value is -2.40. The smallest absolute Gasteiger partial charge is 0.225 e. The zero-order chi connectivity index (χ0) is 18.7. The van der Waals surface area contributed by atoms with Crippen LogP contribution in [0.1, 0.15) is 35.5 Å². The molecule has 1 atom stereocenters. The predicted octanol–water partition coefficient (Wildman–Crippen LogP) is 4.67. The molecule has 0 saturated heterocycles. The normalized spacial score (nSPS) is 12.0. The second-order valence-corrected chi connectivity index (χ2v) is 7.24. The maximum atomic E-state index is 12.6. The molecule has 5 heteroatoms. The molecule has 2 aromatic carbocycles. The van der Waals surface area contributed by atoms with Crippen molar-refractivity contribution >= 4 is 21.8 Å². The number of benzene rings is 2. The average Bonchev–Trinajstić information content (AvgIpc) is 2.91. The summed E-state index contributed by atoms with van der Waals surface area (Å²) in [5.74, 6) is -0.00735. The molecule has 0 radical (unpaired) electrons. The topological polar surface area (TPSA) is 46.9 Å². The van der Waals surface area contributed by atoms with E-state index in [1.54, 1.807) is 0 Å². The van der Waals surface area contributed by atoms with Crippen molar-refractivity contribution in [2.24, 2.45) is 0 Å². The molecule has 1 unspecified atom stereocenters. The summed E-state index contributed by atoms with van der Waals surface area (Å²) in [6.45, 7) is 5.95. The number of hydrogen-bond acceptors (Lipinski definition) is 2. The van der Waals surface area contributed by atoms with E-state index in [0.717, 1.165) is 32.7 Å². The third-order valence-electron chi connectivity index (χ3n) is 4.53. The standard InChI is InChI=1S/C21H22BrN3O/c1-14(18-11-7-8-12-20(18)22)23-21(26)13-19-15(2)24-25(16(19)3)17-9-5-4-6-10-17/h4-12,14H,13H2,1-3H3,(H,23,26). The highest BCUT2D eigenvalue weighted by atomic mass is 79.9. The zero-order valence-corrected chi connectivity index (χ0v) is 16.7. The first kappa shape index (κ1) is 18.4. The highest BCUT2D eigenvalue weighted by molar-refractivity contribution is 9.10. The molecule has 0 aliphatic rings. The predicted molar refractivity (Wildman–Crippen MR) is 107 cm³/mol. The number of nitrogens with one attached hydrogen (secondary N) is 1. The quantitative estimate of drug-likeness (QED) is 0.662. The number of halogens is 1. The van der Waals surface area contributed by atoms with E-state index in [0.29, 0.717) is 6.42 Å². The van der Waals surface area contributed by atoms with Gasteiger partial charge >= 0.3 is 0 Å². The van der Waals surface area contributed by atoms with Gasteiger partial charge in [-0.05, 0) is 44.5 Å². The first-order chi connectivity index (χ1) is 12.5. The van der Waals surface area contributed by atoms with E-state index in [1.807, 2.05) is 80.1 Å². The molecule has 1 amide bonds. The van der Waals surface area contributed by atoms with Gasteiger partial charge in [-0.1, -0.05) is 52.3 Å². The second-order valence-electron chi connectivity index (χ2n) is 6.38. The zero-order valence-electron chi connectivity index (χ0n) is 15.2. The fourth-order valence-corrected chi connectivity index (χ4v) is 3.74. The minimum absolute atomic E-state index is 0.00735. The van der Waals surface area contributed by atoms with Gasteiger partial charge in [0.05, 0.1) is 23.8 Å². The van der Waals surface area contributed by atoms with Gasteiger partial charge in [0.15, 0.2) is 0 Å². The van der Waals surface area contributed by atoms with Crippen LogP contribution in [0.3, 0.4) is 0 Å². The fraction of sp³-hybridized carbons (Fsp3) is 0.238. The van der Waals surface area contributed by atoms with Gasteiger partial charge in [-0.2, -0.15) is 5.10 Å². The van der Waals surface area contributed by atoms with Crippen LogP contribution in [0.15, 0.2) is 59.1 Å². The number of para-hydroxylation sites is 1. The summed E-state index contributed by atoms with van der Waals surface area (Å²) in [4.78, 5) is 12.6. The molecule has 0 aliphatic carbocycles. The number of aromatic nitrogens is 2. The molecule has 0 bridgehead atoms. The Balaban J connectivity index is 1.76. The van der Waals surface area contributed by atoms with Crippen molar-refractivity contribution in [2.45, 2.75) is 33.2 Å². The molecular formula is C21H22BrN3O. The van der Waals surface area contributed by atoms with Crippen molar-refractivity contribution in [1.29, 1.82) is 0 Å². The van der Waals surface area contributed by atoms with Gasteiger partial charge in [0.1, 0.15) is 0 Å². The van der Waals surface area contributed by atoms with E-state index >= 15 is 0 Å². The maximum absolute atomic E-state index is 12.6. The SMILES string of the molecule is Cc1nn(-c2ccccc2)c(C)c1CC(=O)NC(C)c1ccccc1Br. The second kappa shape index (κ2) is 7.87. The number of carbonyl (C=O) groups excluding carboxylic acids is 1. The molecule has 3 aromatic rings. The maximum Gasteiger partial charge on any atom is 0.225 e. The highest BCUT2D eigenvalue weighted by Gasteiger charge is 2.18. The summed E-state index contributed by atoms with van der Waals surface area (Å²) in [5.41, 5.74) is 4.92. The molecule has 26 heavy (non-hydrogen) atoms. The summed E-state index contributed by atoms with van der Waals surface area (Å²) in [6.07, 6.45) is 0.319. The number of amides is 1. The van der Waals surface area contributed by atoms with Crippen LogP contribution in [0.2, 0.25) is 0 Å². The lowest BCUT2D eigenvalue weighted by molar-refractivity contribution is -0.121. The molecular weight excluding hydrogens is 390 g/mol. The van der Waals surface area contributed by atoms with Gasteiger partial charge in [0.2, 0.25) is 5.91 Å². The number of hydrogen-bond donors (Lipinski definition) is 1. The third-order valence-corrected chi connectivity index (χ3v) is 5.25. The molecule has 0 spiro atoms. The minimum atomic E-state index is -0.0668. The Kier molecular flexibility index (Phi) is 5.57. The van der Waals surface area contributed by atoms with Crippen molar-refractivity contribution < 1.29 is 4.79 Å². The Morgan fingerprint density at radius 2 is 1.77 bits per heavy atom. The Labute approximate surface area is 162 Å². The average molecular weight is 412 g/mol. The van der Waals surface area contributed by atoms with Crippen LogP contribution in [0.25, 0.3) is 5.69 Å². The summed E-state index contributed by atoms with van der Waals surface area (Å²) < 4.78 is 2.90. The van der Waals surface area contributed by atoms with E-state index < -0.39 is 0 Å². The number of rotatable bonds is 5. The minimum Gasteiger partial charge on any atom is -0.349 e. The fourth-order valence-electron chi connectivity index (χ4n) is 3.11. The number of aryl methyl sites for hydroxylation is 1. The van der Waals surface area contributed by atoms with Crippen LogP contribution in [-0.4, -0.2) is 15.7 Å². The van der Waals surface area contributed by atoms with Gasteiger partial charge < -0.3 is 5.32 Å². The molecule has 1 heterocycles. The molecule has 134 valence electrons. The van der Waals surface area contributed by atoms with Crippen molar-refractivity contribution in [1.82, 2.24) is 15.1 Å². The van der Waals surface area contributed by atoms with Gasteiger partial charge in [-0.25, -0.2) is 4.68 Å². The van der Waals surface area contributed by atoms with Crippen LogP contribution in [-0.2, 0) is 11.2 Å². The molecule has 0 fully saturated rings. The van der Waals surface area contributed by atoms with E-state index in [-0.39, 0.29) is 11.9 Å². The number of nitrogens with zero attached hydrogens (tertiary/aromatic N) is 2. The Morgan fingerprint density at radius 1 is 1.12 bits per heavy atom. The van der Waals surface area contributed by atoms with Gasteiger partial charge in [0.25, 0.3) is 0 Å². The highest BCUT2D eigenvalue weighted by Crippen LogP contribution is 2.23. The lowest BCUT2D eigenvalue weighted by Gasteiger charge is -2.16. The summed E-state index contributed by atoms with van der Waals surface area (Å²) in [7, 11) is 0. The van der Waals surface area contributed by atoms with Gasteiger partial charge in [-0.15, -0.1) is 0 Å². The number of carbonyl (C=O) groups is 1. The first-order valence-corrected chi connectivity index (χ1v) is 9.41. The van der Waals surface area contributed by atoms with Gasteiger partial charge in [0, 0.05) is 15.7 Å². The third kappa shape index (κ3) is 3.88. The van der Waals surface area contributed by atoms with Crippen LogP contribution < -0.4 is 5.32 Å². The van der Waals surface area contributed by atoms with Crippen LogP contribution in [0.5, 0.6) is 0 Å². The Morgan fingerprint density at radius 3 is 2.46 bits per heavy atom. The monoisotopic (exact) mass is 411 g/mol. The first-order valence-electron chi connectivity index (χ1n) is 8.61. The molecule has 0 saturated carbocycles. The van der Waals surface area contributed by atoms with Crippen molar-refractivity contribution in [3.63, 3.8) is 0 Å². The summed E-state index contributed by atoms with van der Waals surface area (Å²) in [6, 6.07) is 17.8. The van der Waals surface area contributed by atoms with Crippen molar-refractivity contribution in [2.75, 3.05) is 0 Å². The van der Waals surface area contributed by atoms with Gasteiger partial charge in [-0.3, -0.25) is 4.79 Å². The summed E-state index contributed by atoms with van der Waals surface area (Å²) >= 11 is 3.54. The van der Waals surface area contributed by atoms with E-state index in [1.165, 1.54) is 0 Å². The van der Waals surface area contributed by atoms with Crippen molar-refractivity contribution in [3.05, 3.63) is 81.6 Å². The lowest BCUT2D eigenvalue weighted by Crippen LogP contribution is -2.28. The molecule has 1 aromatic heterocycles. The van der Waals surface area contributed by atoms with Crippen LogP contribution in [0.4, 0.5) is 0 Å². The van der Waals surface area contributed by atoms with E-state index in [4.69, 9.17) is 0 Å². The lowest BCUT2D eigenvalue weighted by atomic mass is 10.1. The molecule has 1 N–H and O–H groups in total. The molecule has 0 aliphatic heterocycles. The largest absolute Gasteiger partial charge is 0.349 e. The molecule has 3 rings (SSSR count). The van der Waals surface area contributed by atoms with Crippen LogP contribution in [0, 0.1) is 13.8 Å². The van der Waals surface area contributed by atoms with Crippen LogP contribution >= 0.6 is 15.9 Å². The summed E-state index contributed by atoms with van der Waals surface area (Å²) in [5, 5.41) is 7.70.